The summed E-state index contributed by atoms with van der Waals surface area (Å²) in [6.45, 7) is 2.90. The lowest BCUT2D eigenvalue weighted by atomic mass is 10.0. The molecule has 1 aliphatic heterocycles. The molecule has 1 amide bonds. The van der Waals surface area contributed by atoms with Gasteiger partial charge in [-0.05, 0) is 36.2 Å². The van der Waals surface area contributed by atoms with E-state index in [1.807, 2.05) is 24.3 Å². The van der Waals surface area contributed by atoms with Crippen LogP contribution in [0.2, 0.25) is 0 Å². The first-order chi connectivity index (χ1) is 14.5. The second kappa shape index (κ2) is 10.6. The number of amides is 1. The molecule has 0 radical (unpaired) electrons. The molecule has 0 saturated carbocycles. The van der Waals surface area contributed by atoms with Crippen LogP contribution in [0, 0.1) is 0 Å². The van der Waals surface area contributed by atoms with Crippen LogP contribution < -0.4 is 4.90 Å². The molecule has 7 nitrogen and oxygen atoms in total. The number of carbonyl (C=O) groups excluding carboxylic acids is 1. The van der Waals surface area contributed by atoms with Gasteiger partial charge in [0.05, 0.1) is 25.4 Å². The number of nitrogens with zero attached hydrogens (tertiary/aromatic N) is 1. The van der Waals surface area contributed by atoms with E-state index in [0.717, 1.165) is 36.1 Å². The van der Waals surface area contributed by atoms with Crippen LogP contribution in [0.5, 0.6) is 0 Å². The smallest absolute Gasteiger partial charge is 0.414 e. The first-order valence-electron chi connectivity index (χ1n) is 10.1. The van der Waals surface area contributed by atoms with Crippen LogP contribution in [-0.2, 0) is 16.1 Å². The van der Waals surface area contributed by atoms with Crippen LogP contribution in [-0.4, -0.2) is 41.5 Å². The third-order valence-corrected chi connectivity index (χ3v) is 6.07. The number of hydrogen-bond acceptors (Lipinski definition) is 6. The molecule has 162 valence electrons. The van der Waals surface area contributed by atoms with Crippen LogP contribution in [0.1, 0.15) is 58.8 Å². The van der Waals surface area contributed by atoms with Gasteiger partial charge >= 0.3 is 12.1 Å². The maximum Gasteiger partial charge on any atom is 0.414 e. The Labute approximate surface area is 179 Å². The number of carboxylic acid groups (broad SMARTS) is 1. The Bertz CT molecular complexity index is 850. The number of unbranched alkanes of at least 4 members (excludes halogenated alkanes) is 2. The molecule has 8 heteroatoms. The van der Waals surface area contributed by atoms with Gasteiger partial charge in [-0.1, -0.05) is 38.3 Å². The predicted molar refractivity (Wildman–Crippen MR) is 114 cm³/mol. The SMILES string of the molecule is CCCCCC(O)c1ccc(N2C(=O)OC[C@@H]2COCc2ccc(C(=O)O)s2)cc1. The number of aliphatic hydroxyl groups is 1. The Hall–Kier alpha value is -2.42. The van der Waals surface area contributed by atoms with E-state index in [-0.39, 0.29) is 30.7 Å². The van der Waals surface area contributed by atoms with E-state index in [9.17, 15) is 14.7 Å². The molecule has 30 heavy (non-hydrogen) atoms. The molecule has 1 unspecified atom stereocenters. The highest BCUT2D eigenvalue weighted by Crippen LogP contribution is 2.27. The molecule has 0 aliphatic carbocycles. The van der Waals surface area contributed by atoms with Crippen molar-refractivity contribution < 1.29 is 29.3 Å². The molecule has 1 saturated heterocycles. The number of rotatable bonds is 11. The van der Waals surface area contributed by atoms with E-state index < -0.39 is 18.2 Å². The summed E-state index contributed by atoms with van der Waals surface area (Å²) in [6, 6.07) is 10.3. The fraction of sp³-hybridized carbons (Fsp3) is 0.455. The summed E-state index contributed by atoms with van der Waals surface area (Å²) in [5, 5.41) is 19.3. The van der Waals surface area contributed by atoms with Crippen molar-refractivity contribution >= 4 is 29.1 Å². The minimum atomic E-state index is -0.953. The lowest BCUT2D eigenvalue weighted by Crippen LogP contribution is -2.36. The van der Waals surface area contributed by atoms with Crippen molar-refractivity contribution in [2.45, 2.75) is 51.4 Å². The van der Waals surface area contributed by atoms with Gasteiger partial charge in [0.15, 0.2) is 0 Å². The Morgan fingerprint density at radius 2 is 2.03 bits per heavy atom. The summed E-state index contributed by atoms with van der Waals surface area (Å²) >= 11 is 1.17. The number of aliphatic hydroxyl groups excluding tert-OH is 1. The van der Waals surface area contributed by atoms with Gasteiger partial charge < -0.3 is 19.7 Å². The van der Waals surface area contributed by atoms with E-state index in [1.54, 1.807) is 17.0 Å². The summed E-state index contributed by atoms with van der Waals surface area (Å²) in [5.74, 6) is -0.953. The molecule has 2 heterocycles. The number of benzene rings is 1. The van der Waals surface area contributed by atoms with Crippen LogP contribution >= 0.6 is 11.3 Å². The highest BCUT2D eigenvalue weighted by molar-refractivity contribution is 7.13. The Kier molecular flexibility index (Phi) is 7.84. The number of carboxylic acids is 1. The molecule has 1 aromatic carbocycles. The zero-order chi connectivity index (χ0) is 21.5. The van der Waals surface area contributed by atoms with Crippen molar-refractivity contribution in [1.82, 2.24) is 0 Å². The van der Waals surface area contributed by atoms with Gasteiger partial charge in [-0.25, -0.2) is 9.59 Å². The van der Waals surface area contributed by atoms with Crippen molar-refractivity contribution in [3.8, 4) is 0 Å². The van der Waals surface area contributed by atoms with Gasteiger partial charge in [0.1, 0.15) is 11.5 Å². The van der Waals surface area contributed by atoms with Crippen LogP contribution in [0.4, 0.5) is 10.5 Å². The van der Waals surface area contributed by atoms with Crippen LogP contribution in [0.3, 0.4) is 0 Å². The zero-order valence-corrected chi connectivity index (χ0v) is 17.8. The van der Waals surface area contributed by atoms with E-state index in [2.05, 4.69) is 6.92 Å². The highest BCUT2D eigenvalue weighted by atomic mass is 32.1. The quantitative estimate of drug-likeness (QED) is 0.503. The third-order valence-electron chi connectivity index (χ3n) is 5.03. The van der Waals surface area contributed by atoms with Crippen molar-refractivity contribution in [1.29, 1.82) is 0 Å². The zero-order valence-electron chi connectivity index (χ0n) is 17.0. The van der Waals surface area contributed by atoms with Gasteiger partial charge in [0, 0.05) is 10.6 Å². The van der Waals surface area contributed by atoms with E-state index in [0.29, 0.717) is 5.69 Å². The minimum absolute atomic E-state index is 0.227. The van der Waals surface area contributed by atoms with Crippen molar-refractivity contribution in [2.75, 3.05) is 18.1 Å². The number of aromatic carboxylic acids is 1. The second-order valence-electron chi connectivity index (χ2n) is 7.29. The molecule has 1 aromatic heterocycles. The van der Waals surface area contributed by atoms with Crippen molar-refractivity contribution in [2.24, 2.45) is 0 Å². The molecular formula is C22H27NO6S. The van der Waals surface area contributed by atoms with Crippen molar-refractivity contribution in [3.05, 3.63) is 51.7 Å². The van der Waals surface area contributed by atoms with E-state index in [4.69, 9.17) is 14.6 Å². The van der Waals surface area contributed by atoms with Crippen LogP contribution in [0.25, 0.3) is 0 Å². The maximum absolute atomic E-state index is 12.2. The average molecular weight is 434 g/mol. The summed E-state index contributed by atoms with van der Waals surface area (Å²) in [6.07, 6.45) is 2.98. The molecule has 1 aliphatic rings. The topological polar surface area (TPSA) is 96.3 Å². The maximum atomic E-state index is 12.2. The Balaban J connectivity index is 1.56. The van der Waals surface area contributed by atoms with Gasteiger partial charge in [-0.2, -0.15) is 0 Å². The average Bonchev–Trinajstić information content (AvgIpc) is 3.35. The molecule has 0 spiro atoms. The normalized spacial score (nSPS) is 17.2. The summed E-state index contributed by atoms with van der Waals surface area (Å²) in [4.78, 5) is 25.8. The van der Waals surface area contributed by atoms with Crippen molar-refractivity contribution in [3.63, 3.8) is 0 Å². The highest BCUT2D eigenvalue weighted by Gasteiger charge is 2.34. The van der Waals surface area contributed by atoms with Gasteiger partial charge in [-0.3, -0.25) is 4.90 Å². The lowest BCUT2D eigenvalue weighted by molar-refractivity contribution is 0.0702. The first kappa shape index (κ1) is 22.3. The monoisotopic (exact) mass is 433 g/mol. The van der Waals surface area contributed by atoms with Crippen LogP contribution in [0.15, 0.2) is 36.4 Å². The molecule has 2 N–H and O–H groups in total. The fourth-order valence-electron chi connectivity index (χ4n) is 3.38. The lowest BCUT2D eigenvalue weighted by Gasteiger charge is -2.22. The third kappa shape index (κ3) is 5.59. The number of anilines is 1. The Morgan fingerprint density at radius 1 is 1.27 bits per heavy atom. The molecule has 1 fully saturated rings. The Morgan fingerprint density at radius 3 is 2.70 bits per heavy atom. The first-order valence-corrected chi connectivity index (χ1v) is 10.9. The number of cyclic esters (lactones) is 1. The summed E-state index contributed by atoms with van der Waals surface area (Å²) in [5.41, 5.74) is 1.53. The minimum Gasteiger partial charge on any atom is -0.477 e. The standard InChI is InChI=1S/C22H27NO6S/c1-2-3-4-5-19(24)15-6-8-16(9-7-15)23-17(13-29-22(23)27)12-28-14-18-10-11-20(30-18)21(25)26/h6-11,17,19,24H,2-5,12-14H2,1H3,(H,25,26)/t17-,19?/m0/s1. The number of carbonyl (C=O) groups is 2. The number of thiophene rings is 1. The van der Waals surface area contributed by atoms with E-state index >= 15 is 0 Å². The molecule has 0 bridgehead atoms. The number of ether oxygens (including phenoxy) is 2. The predicted octanol–water partition coefficient (Wildman–Crippen LogP) is 4.60. The fourth-order valence-corrected chi connectivity index (χ4v) is 4.16. The molecular weight excluding hydrogens is 406 g/mol. The van der Waals surface area contributed by atoms with E-state index in [1.165, 1.54) is 11.3 Å². The largest absolute Gasteiger partial charge is 0.477 e. The second-order valence-corrected chi connectivity index (χ2v) is 8.46. The molecule has 2 atom stereocenters. The van der Waals surface area contributed by atoms with Gasteiger partial charge in [0.25, 0.3) is 0 Å². The summed E-state index contributed by atoms with van der Waals surface area (Å²) < 4.78 is 10.9. The van der Waals surface area contributed by atoms with Gasteiger partial charge in [-0.15, -0.1) is 11.3 Å². The molecule has 2 aromatic rings. The van der Waals surface area contributed by atoms with Gasteiger partial charge in [0.2, 0.25) is 0 Å². The number of hydrogen-bond donors (Lipinski definition) is 2. The summed E-state index contributed by atoms with van der Waals surface area (Å²) in [7, 11) is 0. The molecule has 3 rings (SSSR count).